The number of ketones is 1. The molecule has 25 heavy (non-hydrogen) atoms. The average molecular weight is 348 g/mol. The molecule has 1 heterocycles. The predicted molar refractivity (Wildman–Crippen MR) is 101 cm³/mol. The number of hydrogen-bond acceptors (Lipinski definition) is 4. The smallest absolute Gasteiger partial charge is 0.205 e. The predicted octanol–water partition coefficient (Wildman–Crippen LogP) is 4.69. The van der Waals surface area contributed by atoms with Crippen molar-refractivity contribution >= 4 is 34.5 Å². The number of fused-ring (bicyclic) bond motifs is 1. The molecule has 0 spiro atoms. The van der Waals surface area contributed by atoms with Gasteiger partial charge in [0, 0.05) is 27.6 Å². The van der Waals surface area contributed by atoms with Crippen LogP contribution < -0.4 is 4.74 Å². The molecule has 5 heteroatoms. The van der Waals surface area contributed by atoms with Crippen molar-refractivity contribution in [3.8, 4) is 11.8 Å². The standard InChI is InChI=1S/C20H16N2O2S/c1-24-15-5-8-19-17(10-15)18(12-22-19)20(23)14(11-21)9-13-3-6-16(25-2)7-4-13/h3-10,12,22H,1-2H3. The first-order valence-electron chi connectivity index (χ1n) is 7.62. The summed E-state index contributed by atoms with van der Waals surface area (Å²) < 4.78 is 5.22. The van der Waals surface area contributed by atoms with Crippen molar-refractivity contribution < 1.29 is 9.53 Å². The summed E-state index contributed by atoms with van der Waals surface area (Å²) in [4.78, 5) is 17.0. The monoisotopic (exact) mass is 348 g/mol. The number of aromatic nitrogens is 1. The van der Waals surface area contributed by atoms with Crippen molar-refractivity contribution in [3.05, 3.63) is 65.4 Å². The van der Waals surface area contributed by atoms with Gasteiger partial charge in [0.2, 0.25) is 5.78 Å². The molecule has 0 aliphatic rings. The zero-order chi connectivity index (χ0) is 17.8. The number of H-pyrrole nitrogens is 1. The van der Waals surface area contributed by atoms with Gasteiger partial charge in [-0.2, -0.15) is 5.26 Å². The van der Waals surface area contributed by atoms with E-state index >= 15 is 0 Å². The first-order chi connectivity index (χ1) is 12.2. The molecule has 1 aromatic heterocycles. The molecule has 0 aliphatic carbocycles. The number of Topliss-reactive ketones (excluding diaryl/α,β-unsaturated/α-hetero) is 1. The fraction of sp³-hybridized carbons (Fsp3) is 0.100. The van der Waals surface area contributed by atoms with Crippen LogP contribution in [0.3, 0.4) is 0 Å². The van der Waals surface area contributed by atoms with Crippen LogP contribution in [-0.2, 0) is 0 Å². The van der Waals surface area contributed by atoms with Gasteiger partial charge in [-0.05, 0) is 48.2 Å². The van der Waals surface area contributed by atoms with E-state index in [2.05, 4.69) is 4.98 Å². The van der Waals surface area contributed by atoms with E-state index in [4.69, 9.17) is 4.74 Å². The summed E-state index contributed by atoms with van der Waals surface area (Å²) in [6.45, 7) is 0. The van der Waals surface area contributed by atoms with E-state index in [1.54, 1.807) is 37.2 Å². The summed E-state index contributed by atoms with van der Waals surface area (Å²) in [5, 5.41) is 10.2. The molecular weight excluding hydrogens is 332 g/mol. The van der Waals surface area contributed by atoms with Crippen LogP contribution in [0, 0.1) is 11.3 Å². The van der Waals surface area contributed by atoms with E-state index < -0.39 is 0 Å². The lowest BCUT2D eigenvalue weighted by Gasteiger charge is -2.02. The molecule has 0 radical (unpaired) electrons. The summed E-state index contributed by atoms with van der Waals surface area (Å²) in [6.07, 6.45) is 5.25. The fourth-order valence-corrected chi connectivity index (χ4v) is 2.98. The maximum Gasteiger partial charge on any atom is 0.205 e. The molecule has 124 valence electrons. The molecular formula is C20H16N2O2S. The summed E-state index contributed by atoms with van der Waals surface area (Å²) in [5.41, 5.74) is 2.20. The van der Waals surface area contributed by atoms with Gasteiger partial charge in [0.1, 0.15) is 17.4 Å². The number of thioether (sulfide) groups is 1. The van der Waals surface area contributed by atoms with Crippen LogP contribution in [-0.4, -0.2) is 24.1 Å². The molecule has 3 rings (SSSR count). The maximum absolute atomic E-state index is 12.8. The Morgan fingerprint density at radius 3 is 2.64 bits per heavy atom. The van der Waals surface area contributed by atoms with E-state index in [1.165, 1.54) is 0 Å². The van der Waals surface area contributed by atoms with Crippen molar-refractivity contribution in [1.82, 2.24) is 4.98 Å². The molecule has 0 fully saturated rings. The number of aromatic amines is 1. The molecule has 3 aromatic rings. The van der Waals surface area contributed by atoms with Crippen molar-refractivity contribution in [3.63, 3.8) is 0 Å². The number of benzene rings is 2. The second-order valence-electron chi connectivity index (χ2n) is 5.39. The van der Waals surface area contributed by atoms with Crippen LogP contribution in [0.25, 0.3) is 17.0 Å². The molecule has 0 bridgehead atoms. The Balaban J connectivity index is 2.00. The second-order valence-corrected chi connectivity index (χ2v) is 6.27. The van der Waals surface area contributed by atoms with Gasteiger partial charge in [0.05, 0.1) is 7.11 Å². The van der Waals surface area contributed by atoms with Gasteiger partial charge < -0.3 is 9.72 Å². The Morgan fingerprint density at radius 1 is 1.24 bits per heavy atom. The fourth-order valence-electron chi connectivity index (χ4n) is 2.58. The van der Waals surface area contributed by atoms with Gasteiger partial charge in [-0.1, -0.05) is 12.1 Å². The van der Waals surface area contributed by atoms with Gasteiger partial charge in [0.15, 0.2) is 0 Å². The van der Waals surface area contributed by atoms with Crippen LogP contribution in [0.2, 0.25) is 0 Å². The maximum atomic E-state index is 12.8. The Morgan fingerprint density at radius 2 is 2.00 bits per heavy atom. The van der Waals surface area contributed by atoms with Crippen molar-refractivity contribution in [2.24, 2.45) is 0 Å². The Labute approximate surface area is 150 Å². The van der Waals surface area contributed by atoms with E-state index in [-0.39, 0.29) is 11.4 Å². The highest BCUT2D eigenvalue weighted by Crippen LogP contribution is 2.26. The quantitative estimate of drug-likeness (QED) is 0.314. The number of carbonyl (C=O) groups excluding carboxylic acids is 1. The Kier molecular flexibility index (Phi) is 4.92. The van der Waals surface area contributed by atoms with E-state index in [1.807, 2.05) is 48.7 Å². The third kappa shape index (κ3) is 3.44. The number of nitrogens with one attached hydrogen (secondary N) is 1. The van der Waals surface area contributed by atoms with E-state index in [0.29, 0.717) is 11.3 Å². The zero-order valence-corrected chi connectivity index (χ0v) is 14.7. The van der Waals surface area contributed by atoms with Gasteiger partial charge in [-0.25, -0.2) is 0 Å². The molecule has 1 N–H and O–H groups in total. The SMILES string of the molecule is COc1ccc2[nH]cc(C(=O)C(C#N)=Cc3ccc(SC)cc3)c2c1. The second kappa shape index (κ2) is 7.29. The third-order valence-electron chi connectivity index (χ3n) is 3.93. The highest BCUT2D eigenvalue weighted by Gasteiger charge is 2.17. The molecule has 0 unspecified atom stereocenters. The molecule has 0 saturated heterocycles. The van der Waals surface area contributed by atoms with E-state index in [9.17, 15) is 10.1 Å². The number of carbonyl (C=O) groups is 1. The summed E-state index contributed by atoms with van der Waals surface area (Å²) >= 11 is 1.64. The van der Waals surface area contributed by atoms with Crippen LogP contribution in [0.1, 0.15) is 15.9 Å². The minimum Gasteiger partial charge on any atom is -0.497 e. The lowest BCUT2D eigenvalue weighted by Crippen LogP contribution is -2.01. The number of rotatable bonds is 5. The molecule has 2 aromatic carbocycles. The normalized spacial score (nSPS) is 11.3. The number of ether oxygens (including phenoxy) is 1. The first-order valence-corrected chi connectivity index (χ1v) is 8.84. The molecule has 0 amide bonds. The van der Waals surface area contributed by atoms with Gasteiger partial charge in [0.25, 0.3) is 0 Å². The topological polar surface area (TPSA) is 65.9 Å². The van der Waals surface area contributed by atoms with Gasteiger partial charge >= 0.3 is 0 Å². The number of allylic oxidation sites excluding steroid dienone is 1. The lowest BCUT2D eigenvalue weighted by molar-refractivity contribution is 0.104. The number of hydrogen-bond donors (Lipinski definition) is 1. The highest BCUT2D eigenvalue weighted by atomic mass is 32.2. The van der Waals surface area contributed by atoms with Crippen LogP contribution in [0.4, 0.5) is 0 Å². The Bertz CT molecular complexity index is 995. The van der Waals surface area contributed by atoms with Crippen molar-refractivity contribution in [2.45, 2.75) is 4.90 Å². The number of nitrogens with zero attached hydrogens (tertiary/aromatic N) is 1. The van der Waals surface area contributed by atoms with Crippen molar-refractivity contribution in [1.29, 1.82) is 5.26 Å². The molecule has 0 atom stereocenters. The Hall–Kier alpha value is -2.97. The summed E-state index contributed by atoms with van der Waals surface area (Å²) in [6, 6.07) is 15.2. The number of methoxy groups -OCH3 is 1. The molecule has 4 nitrogen and oxygen atoms in total. The lowest BCUT2D eigenvalue weighted by atomic mass is 10.0. The highest BCUT2D eigenvalue weighted by molar-refractivity contribution is 7.98. The minimum atomic E-state index is -0.309. The van der Waals surface area contributed by atoms with Crippen LogP contribution in [0.5, 0.6) is 5.75 Å². The largest absolute Gasteiger partial charge is 0.497 e. The zero-order valence-electron chi connectivity index (χ0n) is 13.9. The van der Waals surface area contributed by atoms with Gasteiger partial charge in [-0.15, -0.1) is 11.8 Å². The van der Waals surface area contributed by atoms with Gasteiger partial charge in [-0.3, -0.25) is 4.79 Å². The molecule has 0 saturated carbocycles. The van der Waals surface area contributed by atoms with Crippen molar-refractivity contribution in [2.75, 3.05) is 13.4 Å². The summed E-state index contributed by atoms with van der Waals surface area (Å²) in [7, 11) is 1.58. The summed E-state index contributed by atoms with van der Waals surface area (Å²) in [5.74, 6) is 0.354. The van der Waals surface area contributed by atoms with Crippen LogP contribution in [0.15, 0.2) is 59.1 Å². The third-order valence-corrected chi connectivity index (χ3v) is 4.67. The average Bonchev–Trinajstić information content (AvgIpc) is 3.09. The van der Waals surface area contributed by atoms with Crippen LogP contribution >= 0.6 is 11.8 Å². The molecule has 0 aliphatic heterocycles. The number of nitriles is 1. The van der Waals surface area contributed by atoms with E-state index in [0.717, 1.165) is 21.4 Å². The first kappa shape index (κ1) is 16.9. The minimum absolute atomic E-state index is 0.0978.